The van der Waals surface area contributed by atoms with Crippen molar-refractivity contribution >= 4 is 22.8 Å². The topological polar surface area (TPSA) is 41.9 Å². The largest absolute Gasteiger partial charge is 0.465 e. The number of hydrogen-bond donors (Lipinski definition) is 0. The summed E-state index contributed by atoms with van der Waals surface area (Å²) in [5.74, 6) is -0.364. The third-order valence-electron chi connectivity index (χ3n) is 5.09. The van der Waals surface area contributed by atoms with E-state index >= 15 is 0 Å². The van der Waals surface area contributed by atoms with Gasteiger partial charge in [-0.05, 0) is 54.2 Å². The minimum absolute atomic E-state index is 0.364. The zero-order valence-electron chi connectivity index (χ0n) is 20.7. The van der Waals surface area contributed by atoms with E-state index in [1.807, 2.05) is 32.0 Å². The first-order chi connectivity index (χ1) is 15.5. The number of esters is 1. The molecular weight excluding hydrogens is 396 g/mol. The normalized spacial score (nSPS) is 14.6. The molecular formula is C28H38N2O2. The highest BCUT2D eigenvalue weighted by Gasteiger charge is 2.16. The Morgan fingerprint density at radius 1 is 1.19 bits per heavy atom. The highest BCUT2D eigenvalue weighted by Crippen LogP contribution is 2.30. The minimum atomic E-state index is -0.364. The highest BCUT2D eigenvalue weighted by molar-refractivity contribution is 6.23. The predicted molar refractivity (Wildman–Crippen MR) is 138 cm³/mol. The van der Waals surface area contributed by atoms with Crippen LogP contribution in [0.2, 0.25) is 0 Å². The van der Waals surface area contributed by atoms with Crippen molar-refractivity contribution in [3.05, 3.63) is 83.9 Å². The molecule has 1 aromatic rings. The minimum Gasteiger partial charge on any atom is -0.465 e. The summed E-state index contributed by atoms with van der Waals surface area (Å²) in [7, 11) is 3.21. The van der Waals surface area contributed by atoms with E-state index in [1.165, 1.54) is 29.4 Å². The second-order valence-corrected chi connectivity index (χ2v) is 7.07. The summed E-state index contributed by atoms with van der Waals surface area (Å²) >= 11 is 0. The Morgan fingerprint density at radius 2 is 1.84 bits per heavy atom. The maximum absolute atomic E-state index is 11.8. The molecule has 2 rings (SSSR count). The van der Waals surface area contributed by atoms with Crippen LogP contribution in [0.15, 0.2) is 77.7 Å². The number of hydrogen-bond acceptors (Lipinski definition) is 4. The lowest BCUT2D eigenvalue weighted by Gasteiger charge is -2.23. The van der Waals surface area contributed by atoms with E-state index in [0.717, 1.165) is 30.7 Å². The molecule has 4 nitrogen and oxygen atoms in total. The lowest BCUT2D eigenvalue weighted by molar-refractivity contribution is -0.135. The van der Waals surface area contributed by atoms with E-state index in [2.05, 4.69) is 68.9 Å². The Morgan fingerprint density at radius 3 is 2.38 bits per heavy atom. The number of ether oxygens (including phenoxy) is 1. The van der Waals surface area contributed by atoms with Crippen LogP contribution in [0.3, 0.4) is 0 Å². The summed E-state index contributed by atoms with van der Waals surface area (Å²) < 4.78 is 4.80. The summed E-state index contributed by atoms with van der Waals surface area (Å²) in [6, 6.07) is 8.44. The van der Waals surface area contributed by atoms with Gasteiger partial charge in [0.2, 0.25) is 0 Å². The second-order valence-electron chi connectivity index (χ2n) is 7.07. The number of unbranched alkanes of at least 4 members (excludes halogenated alkanes) is 1. The molecule has 0 spiro atoms. The van der Waals surface area contributed by atoms with E-state index in [9.17, 15) is 4.79 Å². The van der Waals surface area contributed by atoms with Crippen molar-refractivity contribution < 1.29 is 9.53 Å². The van der Waals surface area contributed by atoms with Crippen molar-refractivity contribution in [1.29, 1.82) is 0 Å². The monoisotopic (exact) mass is 434 g/mol. The Labute approximate surface area is 194 Å². The number of nitrogens with zero attached hydrogens (tertiary/aromatic N) is 2. The molecule has 0 fully saturated rings. The first-order valence-corrected chi connectivity index (χ1v) is 11.4. The van der Waals surface area contributed by atoms with Gasteiger partial charge in [-0.2, -0.15) is 0 Å². The molecule has 0 amide bonds. The number of carbonyl (C=O) groups excluding carboxylic acids is 1. The molecule has 172 valence electrons. The lowest BCUT2D eigenvalue weighted by Crippen LogP contribution is -2.15. The first-order valence-electron chi connectivity index (χ1n) is 11.4. The van der Waals surface area contributed by atoms with Gasteiger partial charge in [0, 0.05) is 30.9 Å². The van der Waals surface area contributed by atoms with Crippen LogP contribution >= 0.6 is 0 Å². The average Bonchev–Trinajstić information content (AvgIpc) is 2.84. The number of methoxy groups -OCH3 is 1. The quantitative estimate of drug-likeness (QED) is 0.321. The van der Waals surface area contributed by atoms with Crippen molar-refractivity contribution in [2.24, 2.45) is 4.99 Å². The summed E-state index contributed by atoms with van der Waals surface area (Å²) in [4.78, 5) is 18.2. The Hall–Kier alpha value is -3.14. The Kier molecular flexibility index (Phi) is 11.8. The first kappa shape index (κ1) is 26.9. The van der Waals surface area contributed by atoms with E-state index in [0.29, 0.717) is 5.57 Å². The maximum atomic E-state index is 11.8. The Bertz CT molecular complexity index is 946. The van der Waals surface area contributed by atoms with Gasteiger partial charge in [-0.15, -0.1) is 0 Å². The molecule has 0 saturated heterocycles. The molecule has 4 heteroatoms. The number of aliphatic imine (C=N–C) groups is 1. The van der Waals surface area contributed by atoms with Crippen LogP contribution in [0, 0.1) is 0 Å². The van der Waals surface area contributed by atoms with Gasteiger partial charge < -0.3 is 9.64 Å². The van der Waals surface area contributed by atoms with Gasteiger partial charge in [-0.25, -0.2) is 4.79 Å². The van der Waals surface area contributed by atoms with Crippen LogP contribution in [0.25, 0.3) is 11.1 Å². The molecule has 0 aromatic heterocycles. The fourth-order valence-corrected chi connectivity index (χ4v) is 3.31. The van der Waals surface area contributed by atoms with Gasteiger partial charge in [0.25, 0.3) is 0 Å². The number of benzene rings is 1. The number of carbonyl (C=O) groups is 1. The molecule has 1 heterocycles. The number of rotatable bonds is 8. The van der Waals surface area contributed by atoms with Crippen LogP contribution in [0.1, 0.15) is 65.0 Å². The van der Waals surface area contributed by atoms with Gasteiger partial charge in [-0.1, -0.05) is 71.0 Å². The van der Waals surface area contributed by atoms with Crippen LogP contribution in [0.4, 0.5) is 0 Å². The van der Waals surface area contributed by atoms with Crippen molar-refractivity contribution in [3.63, 3.8) is 0 Å². The van der Waals surface area contributed by atoms with Crippen molar-refractivity contribution in [2.45, 2.75) is 53.9 Å². The van der Waals surface area contributed by atoms with Crippen LogP contribution < -0.4 is 0 Å². The van der Waals surface area contributed by atoms with Gasteiger partial charge in [0.1, 0.15) is 0 Å². The van der Waals surface area contributed by atoms with E-state index < -0.39 is 0 Å². The van der Waals surface area contributed by atoms with Crippen molar-refractivity contribution in [3.8, 4) is 0 Å². The fourth-order valence-electron chi connectivity index (χ4n) is 3.31. The molecule has 0 saturated carbocycles. The molecule has 1 aliphatic heterocycles. The zero-order valence-corrected chi connectivity index (χ0v) is 20.7. The average molecular weight is 435 g/mol. The lowest BCUT2D eigenvalue weighted by atomic mass is 9.90. The molecule has 32 heavy (non-hydrogen) atoms. The molecule has 1 aromatic carbocycles. The Balaban J connectivity index is 0.00000249. The van der Waals surface area contributed by atoms with Crippen LogP contribution in [0.5, 0.6) is 0 Å². The molecule has 0 bridgehead atoms. The molecule has 0 N–H and O–H groups in total. The van der Waals surface area contributed by atoms with E-state index in [4.69, 9.17) is 4.74 Å². The summed E-state index contributed by atoms with van der Waals surface area (Å²) in [5, 5.41) is 0. The zero-order chi connectivity index (χ0) is 24.1. The summed E-state index contributed by atoms with van der Waals surface area (Å²) in [6.45, 7) is 14.5. The highest BCUT2D eigenvalue weighted by atomic mass is 16.5. The van der Waals surface area contributed by atoms with Crippen molar-refractivity contribution in [2.75, 3.05) is 14.2 Å². The molecule has 0 unspecified atom stereocenters. The van der Waals surface area contributed by atoms with E-state index in [-0.39, 0.29) is 5.97 Å². The van der Waals surface area contributed by atoms with Crippen LogP contribution in [-0.4, -0.2) is 30.7 Å². The van der Waals surface area contributed by atoms with Gasteiger partial charge in [0.15, 0.2) is 0 Å². The standard InChI is InChI=1S/C26H32N2O2.C2H6/c1-7-9-12-23(20(4)27-5)25-14-11-10-13-24(25)21(8-2)18-28-16-15-22(17-19(28)3)26(29)30-6;1-2/h10-18H,3,7-9H2,1-2,4-6H3;1-2H3/b21-18+,23-12+,27-20?;. The molecule has 0 aliphatic carbocycles. The smallest absolute Gasteiger partial charge is 0.337 e. The summed E-state index contributed by atoms with van der Waals surface area (Å²) in [6.07, 6.45) is 12.6. The van der Waals surface area contributed by atoms with E-state index in [1.54, 1.807) is 12.2 Å². The summed E-state index contributed by atoms with van der Waals surface area (Å²) in [5.41, 5.74) is 6.94. The van der Waals surface area contributed by atoms with Crippen molar-refractivity contribution in [1.82, 2.24) is 4.90 Å². The third-order valence-corrected chi connectivity index (χ3v) is 5.09. The molecule has 0 radical (unpaired) electrons. The molecule has 0 atom stereocenters. The second kappa shape index (κ2) is 14.0. The van der Waals surface area contributed by atoms with Gasteiger partial charge in [0.05, 0.1) is 12.7 Å². The third kappa shape index (κ3) is 6.94. The fraction of sp³-hybridized carbons (Fsp3) is 0.357. The van der Waals surface area contributed by atoms with Gasteiger partial charge in [-0.3, -0.25) is 4.99 Å². The van der Waals surface area contributed by atoms with Gasteiger partial charge >= 0.3 is 5.97 Å². The van der Waals surface area contributed by atoms with Crippen LogP contribution in [-0.2, 0) is 9.53 Å². The predicted octanol–water partition coefficient (Wildman–Crippen LogP) is 7.18. The number of allylic oxidation sites excluding steroid dienone is 4. The maximum Gasteiger partial charge on any atom is 0.337 e. The SMILES string of the molecule is C=C1C=C(C(=O)OC)C=CN1/C=C(\CC)c1ccccc1/C(=C/CCC)C(C)=NC.CC. The molecule has 1 aliphatic rings.